The predicted octanol–water partition coefficient (Wildman–Crippen LogP) is 2.96. The van der Waals surface area contributed by atoms with Crippen molar-refractivity contribution in [2.75, 3.05) is 6.54 Å². The van der Waals surface area contributed by atoms with Crippen molar-refractivity contribution in [2.45, 2.75) is 39.2 Å². The van der Waals surface area contributed by atoms with Gasteiger partial charge in [0, 0.05) is 17.2 Å². The number of hydrogen-bond donors (Lipinski definition) is 2. The molecule has 0 saturated heterocycles. The summed E-state index contributed by atoms with van der Waals surface area (Å²) in [5.74, 6) is 5.53. The lowest BCUT2D eigenvalue weighted by Crippen LogP contribution is -2.34. The molecule has 3 N–H and O–H groups in total. The second-order valence-corrected chi connectivity index (χ2v) is 4.98. The Morgan fingerprint density at radius 3 is 2.75 bits per heavy atom. The lowest BCUT2D eigenvalue weighted by atomic mass is 10.1. The summed E-state index contributed by atoms with van der Waals surface area (Å²) in [4.78, 5) is 12.1. The van der Waals surface area contributed by atoms with Gasteiger partial charge in [-0.05, 0) is 31.0 Å². The first-order valence-corrected chi connectivity index (χ1v) is 7.29. The molecule has 0 spiro atoms. The quantitative estimate of drug-likeness (QED) is 0.820. The van der Waals surface area contributed by atoms with Crippen LogP contribution in [0.15, 0.2) is 18.2 Å². The fourth-order valence-corrected chi connectivity index (χ4v) is 2.13. The highest BCUT2D eigenvalue weighted by atomic mass is 35.5. The van der Waals surface area contributed by atoms with Crippen LogP contribution >= 0.6 is 11.6 Å². The highest BCUT2D eigenvalue weighted by Crippen LogP contribution is 2.17. The van der Waals surface area contributed by atoms with Crippen LogP contribution in [0.2, 0.25) is 5.02 Å². The number of nitrogens with one attached hydrogen (secondary N) is 1. The van der Waals surface area contributed by atoms with Crippen LogP contribution in [-0.2, 0) is 0 Å². The topological polar surface area (TPSA) is 55.1 Å². The minimum absolute atomic E-state index is 0.0921. The molecule has 0 aliphatic carbocycles. The zero-order valence-corrected chi connectivity index (χ0v) is 12.8. The summed E-state index contributed by atoms with van der Waals surface area (Å²) in [6.07, 6.45) is 2.95. The summed E-state index contributed by atoms with van der Waals surface area (Å²) >= 11 is 6.12. The van der Waals surface area contributed by atoms with Crippen LogP contribution in [-0.4, -0.2) is 18.5 Å². The van der Waals surface area contributed by atoms with Crippen molar-refractivity contribution in [1.29, 1.82) is 0 Å². The number of amides is 1. The summed E-state index contributed by atoms with van der Waals surface area (Å²) in [5.41, 5.74) is 6.57. The summed E-state index contributed by atoms with van der Waals surface area (Å²) in [5, 5.41) is 3.49. The maximum Gasteiger partial charge on any atom is 0.251 e. The number of halogens is 1. The van der Waals surface area contributed by atoms with E-state index in [1.54, 1.807) is 18.2 Å². The fraction of sp³-hybridized carbons (Fsp3) is 0.438. The van der Waals surface area contributed by atoms with Crippen molar-refractivity contribution in [1.82, 2.24) is 5.32 Å². The molecule has 4 heteroatoms. The molecule has 1 rings (SSSR count). The van der Waals surface area contributed by atoms with E-state index in [2.05, 4.69) is 31.0 Å². The summed E-state index contributed by atoms with van der Waals surface area (Å²) in [6.45, 7) is 4.46. The molecular formula is C16H21ClN2O. The van der Waals surface area contributed by atoms with Gasteiger partial charge in [0.1, 0.15) is 0 Å². The molecule has 0 fully saturated rings. The fourth-order valence-electron chi connectivity index (χ4n) is 1.90. The number of benzene rings is 1. The molecule has 0 aromatic heterocycles. The molecule has 1 aromatic carbocycles. The molecule has 1 unspecified atom stereocenters. The number of carbonyl (C=O) groups is 1. The van der Waals surface area contributed by atoms with Crippen LogP contribution in [0.5, 0.6) is 0 Å². The van der Waals surface area contributed by atoms with Crippen molar-refractivity contribution < 1.29 is 4.79 Å². The van der Waals surface area contributed by atoms with Crippen LogP contribution in [0.25, 0.3) is 0 Å². The van der Waals surface area contributed by atoms with Gasteiger partial charge in [-0.3, -0.25) is 4.79 Å². The van der Waals surface area contributed by atoms with Crippen LogP contribution < -0.4 is 11.1 Å². The zero-order valence-electron chi connectivity index (χ0n) is 12.0. The molecule has 1 amide bonds. The molecule has 1 atom stereocenters. The van der Waals surface area contributed by atoms with Gasteiger partial charge in [-0.25, -0.2) is 0 Å². The molecule has 0 saturated carbocycles. The molecule has 0 radical (unpaired) electrons. The Morgan fingerprint density at radius 1 is 1.45 bits per heavy atom. The third-order valence-corrected chi connectivity index (χ3v) is 3.33. The van der Waals surface area contributed by atoms with E-state index in [0.29, 0.717) is 16.1 Å². The number of hydrogen-bond acceptors (Lipinski definition) is 2. The van der Waals surface area contributed by atoms with Crippen LogP contribution in [0, 0.1) is 11.8 Å². The summed E-state index contributed by atoms with van der Waals surface area (Å²) < 4.78 is 0. The number of carbonyl (C=O) groups excluding carboxylic acids is 1. The molecule has 20 heavy (non-hydrogen) atoms. The van der Waals surface area contributed by atoms with E-state index in [9.17, 15) is 4.79 Å². The Hall–Kier alpha value is -1.50. The SMILES string of the molecule is CCCC(CC)NC(=O)c1ccc(C#CCN)c(Cl)c1. The van der Waals surface area contributed by atoms with Gasteiger partial charge >= 0.3 is 0 Å². The maximum atomic E-state index is 12.1. The molecule has 3 nitrogen and oxygen atoms in total. The first-order valence-electron chi connectivity index (χ1n) is 6.91. The minimum atomic E-state index is -0.0921. The van der Waals surface area contributed by atoms with Gasteiger partial charge < -0.3 is 11.1 Å². The van der Waals surface area contributed by atoms with Crippen molar-refractivity contribution in [3.8, 4) is 11.8 Å². The predicted molar refractivity (Wildman–Crippen MR) is 83.8 cm³/mol. The van der Waals surface area contributed by atoms with Gasteiger partial charge in [0.05, 0.1) is 11.6 Å². The van der Waals surface area contributed by atoms with Crippen molar-refractivity contribution in [3.63, 3.8) is 0 Å². The maximum absolute atomic E-state index is 12.1. The van der Waals surface area contributed by atoms with Gasteiger partial charge in [-0.2, -0.15) is 0 Å². The van der Waals surface area contributed by atoms with Crippen LogP contribution in [0.3, 0.4) is 0 Å². The molecule has 0 aliphatic rings. The monoisotopic (exact) mass is 292 g/mol. The molecular weight excluding hydrogens is 272 g/mol. The molecule has 0 bridgehead atoms. The summed E-state index contributed by atoms with van der Waals surface area (Å²) in [6, 6.07) is 5.35. The van der Waals surface area contributed by atoms with Crippen molar-refractivity contribution >= 4 is 17.5 Å². The Morgan fingerprint density at radius 2 is 2.20 bits per heavy atom. The van der Waals surface area contributed by atoms with E-state index in [0.717, 1.165) is 19.3 Å². The smallest absolute Gasteiger partial charge is 0.251 e. The lowest BCUT2D eigenvalue weighted by molar-refractivity contribution is 0.0933. The lowest BCUT2D eigenvalue weighted by Gasteiger charge is -2.16. The number of nitrogens with two attached hydrogens (primary N) is 1. The van der Waals surface area contributed by atoms with Gasteiger partial charge in [0.2, 0.25) is 0 Å². The Labute approximate surface area is 125 Å². The normalized spacial score (nSPS) is 11.4. The van der Waals surface area contributed by atoms with Gasteiger partial charge in [0.15, 0.2) is 0 Å². The van der Waals surface area contributed by atoms with E-state index in [1.807, 2.05) is 0 Å². The molecule has 1 aromatic rings. The van der Waals surface area contributed by atoms with E-state index < -0.39 is 0 Å². The Balaban J connectivity index is 2.81. The molecule has 0 heterocycles. The highest BCUT2D eigenvalue weighted by Gasteiger charge is 2.12. The van der Waals surface area contributed by atoms with E-state index in [1.165, 1.54) is 0 Å². The second-order valence-electron chi connectivity index (χ2n) is 4.57. The first kappa shape index (κ1) is 16.6. The average molecular weight is 293 g/mol. The van der Waals surface area contributed by atoms with E-state index >= 15 is 0 Å². The highest BCUT2D eigenvalue weighted by molar-refractivity contribution is 6.32. The minimum Gasteiger partial charge on any atom is -0.349 e. The zero-order chi connectivity index (χ0) is 15.0. The molecule has 0 aliphatic heterocycles. The van der Waals surface area contributed by atoms with Crippen molar-refractivity contribution in [2.24, 2.45) is 5.73 Å². The third kappa shape index (κ3) is 4.88. The van der Waals surface area contributed by atoms with E-state index in [-0.39, 0.29) is 18.5 Å². The number of rotatable bonds is 5. The summed E-state index contributed by atoms with van der Waals surface area (Å²) in [7, 11) is 0. The standard InChI is InChI=1S/C16H21ClN2O/c1-3-6-14(4-2)19-16(20)13-9-8-12(7-5-10-18)15(17)11-13/h8-9,11,14H,3-4,6,10,18H2,1-2H3,(H,19,20). The second kappa shape index (κ2) is 8.63. The van der Waals surface area contributed by atoms with Gasteiger partial charge in [-0.1, -0.05) is 43.7 Å². The van der Waals surface area contributed by atoms with Crippen LogP contribution in [0.4, 0.5) is 0 Å². The Kier molecular flexibility index (Phi) is 7.14. The van der Waals surface area contributed by atoms with Gasteiger partial charge in [-0.15, -0.1) is 0 Å². The van der Waals surface area contributed by atoms with Crippen LogP contribution in [0.1, 0.15) is 49.0 Å². The third-order valence-electron chi connectivity index (χ3n) is 3.02. The average Bonchev–Trinajstić information content (AvgIpc) is 2.45. The molecule has 108 valence electrons. The largest absolute Gasteiger partial charge is 0.349 e. The van der Waals surface area contributed by atoms with Gasteiger partial charge in [0.25, 0.3) is 5.91 Å². The first-order chi connectivity index (χ1) is 9.62. The Bertz CT molecular complexity index is 517. The van der Waals surface area contributed by atoms with E-state index in [4.69, 9.17) is 17.3 Å². The van der Waals surface area contributed by atoms with Crippen molar-refractivity contribution in [3.05, 3.63) is 34.3 Å².